The van der Waals surface area contributed by atoms with E-state index in [0.29, 0.717) is 8.95 Å². The molecule has 5 aromatic rings. The van der Waals surface area contributed by atoms with Crippen LogP contribution in [0.4, 0.5) is 46.3 Å². The Kier molecular flexibility index (Phi) is 9.77. The van der Waals surface area contributed by atoms with Crippen LogP contribution >= 0.6 is 31.9 Å². The Morgan fingerprint density at radius 1 is 0.867 bits per heavy atom. The molecule has 234 valence electrons. The monoisotopic (exact) mass is 754 g/mol. The second kappa shape index (κ2) is 13.3. The van der Waals surface area contributed by atoms with Crippen LogP contribution < -0.4 is 27.5 Å². The highest BCUT2D eigenvalue weighted by molar-refractivity contribution is 9.10. The number of nitrogens with zero attached hydrogens (tertiary/aromatic N) is 4. The molecule has 0 aliphatic carbocycles. The number of nitrogens with one attached hydrogen (secondary N) is 3. The predicted octanol–water partition coefficient (Wildman–Crippen LogP) is 5.40. The van der Waals surface area contributed by atoms with E-state index in [2.05, 4.69) is 57.7 Å². The number of aromatic amines is 1. The first kappa shape index (κ1) is 32.9. The van der Waals surface area contributed by atoms with Gasteiger partial charge < -0.3 is 30.6 Å². The summed E-state index contributed by atoms with van der Waals surface area (Å²) in [4.78, 5) is 38.5. The van der Waals surface area contributed by atoms with Crippen LogP contribution in [0.3, 0.4) is 0 Å². The van der Waals surface area contributed by atoms with Gasteiger partial charge in [0.05, 0.1) is 28.3 Å². The SMILES string of the molecule is Cn1cc(-c2nc(N)n[nH]2)c(Nc2ccc(Br)cc2F)c(F)c1=O.Cn1cc(C(=O)O)c(Nc2ccc(Br)cc2F)c(F)c1=O. The van der Waals surface area contributed by atoms with Crippen molar-refractivity contribution in [3.8, 4) is 11.4 Å². The normalized spacial score (nSPS) is 10.7. The lowest BCUT2D eigenvalue weighted by Crippen LogP contribution is -2.24. The van der Waals surface area contributed by atoms with Crippen LogP contribution in [0.15, 0.2) is 67.3 Å². The van der Waals surface area contributed by atoms with E-state index in [1.807, 2.05) is 0 Å². The van der Waals surface area contributed by atoms with Crippen LogP contribution in [0, 0.1) is 23.3 Å². The van der Waals surface area contributed by atoms with Gasteiger partial charge in [-0.3, -0.25) is 14.7 Å². The molecular formula is C27H20Br2F4N8O4. The van der Waals surface area contributed by atoms with Crippen molar-refractivity contribution >= 4 is 66.5 Å². The number of carboxylic acids is 1. The number of carbonyl (C=O) groups is 1. The number of nitrogen functional groups attached to an aromatic ring is 1. The minimum atomic E-state index is -1.44. The van der Waals surface area contributed by atoms with Crippen LogP contribution in [-0.2, 0) is 14.1 Å². The number of hydrogen-bond donors (Lipinski definition) is 5. The van der Waals surface area contributed by atoms with E-state index in [1.165, 1.54) is 44.6 Å². The number of benzene rings is 2. The number of pyridine rings is 2. The van der Waals surface area contributed by atoms with Crippen LogP contribution in [0.1, 0.15) is 10.4 Å². The summed E-state index contributed by atoms with van der Waals surface area (Å²) in [6, 6.07) is 8.12. The molecule has 0 spiro atoms. The summed E-state index contributed by atoms with van der Waals surface area (Å²) in [5.74, 6) is -5.05. The van der Waals surface area contributed by atoms with Gasteiger partial charge in [-0.2, -0.15) is 13.8 Å². The molecule has 0 aliphatic heterocycles. The molecule has 2 aromatic carbocycles. The number of aromatic carboxylic acids is 1. The Morgan fingerprint density at radius 2 is 1.36 bits per heavy atom. The van der Waals surface area contributed by atoms with Gasteiger partial charge in [0.15, 0.2) is 5.82 Å². The smallest absolute Gasteiger partial charge is 0.339 e. The van der Waals surface area contributed by atoms with E-state index in [4.69, 9.17) is 10.8 Å². The lowest BCUT2D eigenvalue weighted by Gasteiger charge is -2.13. The predicted molar refractivity (Wildman–Crippen MR) is 165 cm³/mol. The van der Waals surface area contributed by atoms with Gasteiger partial charge in [0.1, 0.15) is 17.2 Å². The molecule has 45 heavy (non-hydrogen) atoms. The first-order valence-corrected chi connectivity index (χ1v) is 13.9. The number of aromatic nitrogens is 5. The maximum absolute atomic E-state index is 14.5. The molecule has 0 fully saturated rings. The molecule has 18 heteroatoms. The number of anilines is 5. The topological polar surface area (TPSA) is 173 Å². The lowest BCUT2D eigenvalue weighted by atomic mass is 10.2. The number of H-pyrrole nitrogens is 1. The van der Waals surface area contributed by atoms with Gasteiger partial charge in [-0.1, -0.05) is 31.9 Å². The van der Waals surface area contributed by atoms with E-state index < -0.39 is 51.6 Å². The van der Waals surface area contributed by atoms with Crippen molar-refractivity contribution in [3.05, 3.63) is 107 Å². The van der Waals surface area contributed by atoms with Crippen LogP contribution in [0.5, 0.6) is 0 Å². The van der Waals surface area contributed by atoms with Crippen molar-refractivity contribution in [1.29, 1.82) is 0 Å². The second-order valence-electron chi connectivity index (χ2n) is 9.14. The fourth-order valence-corrected chi connectivity index (χ4v) is 4.49. The zero-order chi connectivity index (χ0) is 33.2. The average molecular weight is 756 g/mol. The Balaban J connectivity index is 0.000000207. The summed E-state index contributed by atoms with van der Waals surface area (Å²) in [6.07, 6.45) is 2.32. The highest BCUT2D eigenvalue weighted by Gasteiger charge is 2.21. The third kappa shape index (κ3) is 7.23. The number of rotatable bonds is 6. The second-order valence-corrected chi connectivity index (χ2v) is 11.0. The summed E-state index contributed by atoms with van der Waals surface area (Å²) < 4.78 is 59.1. The van der Waals surface area contributed by atoms with E-state index in [-0.39, 0.29) is 34.4 Å². The Hall–Kier alpha value is -4.97. The first-order valence-electron chi connectivity index (χ1n) is 12.3. The van der Waals surface area contributed by atoms with Crippen LogP contribution in [-0.4, -0.2) is 35.4 Å². The highest BCUT2D eigenvalue weighted by Crippen LogP contribution is 2.31. The molecule has 0 unspecified atom stereocenters. The maximum atomic E-state index is 14.5. The van der Waals surface area contributed by atoms with Crippen molar-refractivity contribution in [2.75, 3.05) is 16.4 Å². The fraction of sp³-hybridized carbons (Fsp3) is 0.0741. The minimum absolute atomic E-state index is 0.000842. The third-order valence-electron chi connectivity index (χ3n) is 6.01. The van der Waals surface area contributed by atoms with E-state index in [1.54, 1.807) is 6.07 Å². The van der Waals surface area contributed by atoms with E-state index >= 15 is 0 Å². The summed E-state index contributed by atoms with van der Waals surface area (Å²) in [7, 11) is 2.61. The Bertz CT molecular complexity index is 2070. The molecule has 6 N–H and O–H groups in total. The van der Waals surface area contributed by atoms with Gasteiger partial charge >= 0.3 is 5.97 Å². The fourth-order valence-electron chi connectivity index (χ4n) is 3.83. The minimum Gasteiger partial charge on any atom is -0.478 e. The molecule has 0 radical (unpaired) electrons. The first-order chi connectivity index (χ1) is 21.2. The van der Waals surface area contributed by atoms with Gasteiger partial charge in [-0.25, -0.2) is 13.6 Å². The average Bonchev–Trinajstić information content (AvgIpc) is 3.41. The van der Waals surface area contributed by atoms with Gasteiger partial charge in [0, 0.05) is 35.4 Å². The summed E-state index contributed by atoms with van der Waals surface area (Å²) in [5, 5.41) is 20.2. The van der Waals surface area contributed by atoms with Gasteiger partial charge in [0.2, 0.25) is 17.6 Å². The van der Waals surface area contributed by atoms with Gasteiger partial charge in [0.25, 0.3) is 11.1 Å². The standard InChI is InChI=1S/C14H11BrF2N6O.C13H9BrF2N2O3/c1-23-5-7(12-20-14(18)22-21-12)11(10(17)13(23)24)19-9-3-2-6(15)4-8(9)16;1-18-5-7(13(20)21)11(10(16)12(18)19)17-9-3-2-6(14)4-8(9)15/h2-5,19H,1H3,(H3,18,20,21,22);2-5,17H,1H3,(H,20,21). The molecular weight excluding hydrogens is 736 g/mol. The summed E-state index contributed by atoms with van der Waals surface area (Å²) in [5.41, 5.74) is 2.34. The van der Waals surface area contributed by atoms with Crippen molar-refractivity contribution in [2.24, 2.45) is 14.1 Å². The Labute approximate surface area is 266 Å². The molecule has 0 saturated heterocycles. The lowest BCUT2D eigenvalue weighted by molar-refractivity contribution is 0.0696. The third-order valence-corrected chi connectivity index (χ3v) is 7.00. The van der Waals surface area contributed by atoms with Crippen LogP contribution in [0.2, 0.25) is 0 Å². The van der Waals surface area contributed by atoms with Crippen molar-refractivity contribution in [1.82, 2.24) is 24.3 Å². The van der Waals surface area contributed by atoms with E-state index in [0.717, 1.165) is 21.4 Å². The number of aryl methyl sites for hydroxylation is 2. The molecule has 5 rings (SSSR count). The molecule has 12 nitrogen and oxygen atoms in total. The molecule has 0 bridgehead atoms. The van der Waals surface area contributed by atoms with Gasteiger partial charge in [-0.15, -0.1) is 5.10 Å². The largest absolute Gasteiger partial charge is 0.478 e. The molecule has 3 heterocycles. The zero-order valence-corrected chi connectivity index (χ0v) is 26.1. The quantitative estimate of drug-likeness (QED) is 0.142. The van der Waals surface area contributed by atoms with Crippen LogP contribution in [0.25, 0.3) is 11.4 Å². The van der Waals surface area contributed by atoms with Crippen molar-refractivity contribution in [3.63, 3.8) is 0 Å². The molecule has 0 amide bonds. The summed E-state index contributed by atoms with van der Waals surface area (Å²) >= 11 is 6.20. The zero-order valence-electron chi connectivity index (χ0n) is 22.9. The molecule has 0 saturated carbocycles. The molecule has 0 aliphatic rings. The van der Waals surface area contributed by atoms with E-state index in [9.17, 15) is 31.9 Å². The molecule has 0 atom stereocenters. The number of carboxylic acid groups (broad SMARTS) is 1. The highest BCUT2D eigenvalue weighted by atomic mass is 79.9. The number of halogens is 6. The number of nitrogens with two attached hydrogens (primary N) is 1. The van der Waals surface area contributed by atoms with Crippen molar-refractivity contribution in [2.45, 2.75) is 0 Å². The number of hydrogen-bond acceptors (Lipinski definition) is 8. The van der Waals surface area contributed by atoms with Crippen molar-refractivity contribution < 1.29 is 27.5 Å². The summed E-state index contributed by atoms with van der Waals surface area (Å²) in [6.45, 7) is 0. The molecule has 3 aromatic heterocycles. The van der Waals surface area contributed by atoms with Gasteiger partial charge in [-0.05, 0) is 36.4 Å². The maximum Gasteiger partial charge on any atom is 0.339 e. The Morgan fingerprint density at radius 3 is 1.82 bits per heavy atom.